The van der Waals surface area contributed by atoms with Crippen molar-refractivity contribution in [3.63, 3.8) is 0 Å². The smallest absolute Gasteiger partial charge is 0.236 e. The van der Waals surface area contributed by atoms with Crippen LogP contribution in [0, 0.1) is 0 Å². The van der Waals surface area contributed by atoms with Crippen molar-refractivity contribution in [1.29, 1.82) is 0 Å². The molecule has 3 heterocycles. The summed E-state index contributed by atoms with van der Waals surface area (Å²) in [5.41, 5.74) is 0. The van der Waals surface area contributed by atoms with Gasteiger partial charge in [0.25, 0.3) is 0 Å². The summed E-state index contributed by atoms with van der Waals surface area (Å²) >= 11 is 0. The van der Waals surface area contributed by atoms with Gasteiger partial charge >= 0.3 is 0 Å². The van der Waals surface area contributed by atoms with Crippen LogP contribution in [0.1, 0.15) is 32.6 Å². The molecular formula is C17H29N5O. The Morgan fingerprint density at radius 3 is 2.39 bits per heavy atom. The minimum atomic E-state index is 0.315. The number of nitrogens with zero attached hydrogens (tertiary/aromatic N) is 5. The summed E-state index contributed by atoms with van der Waals surface area (Å²) in [7, 11) is 0. The third-order valence-electron chi connectivity index (χ3n) is 5.01. The third kappa shape index (κ3) is 4.05. The quantitative estimate of drug-likeness (QED) is 0.842. The Bertz CT molecular complexity index is 499. The van der Waals surface area contributed by atoms with E-state index in [9.17, 15) is 4.79 Å². The monoisotopic (exact) mass is 319 g/mol. The molecule has 128 valence electrons. The predicted octanol–water partition coefficient (Wildman–Crippen LogP) is 1.43. The van der Waals surface area contributed by atoms with Gasteiger partial charge in [0.15, 0.2) is 0 Å². The van der Waals surface area contributed by atoms with Crippen LogP contribution in [0.25, 0.3) is 0 Å². The van der Waals surface area contributed by atoms with Gasteiger partial charge in [0.05, 0.1) is 6.54 Å². The first-order chi connectivity index (χ1) is 11.3. The van der Waals surface area contributed by atoms with Gasteiger partial charge in [-0.05, 0) is 19.8 Å². The molecule has 0 spiro atoms. The van der Waals surface area contributed by atoms with Gasteiger partial charge in [-0.1, -0.05) is 12.8 Å². The fourth-order valence-electron chi connectivity index (χ4n) is 3.55. The SMILES string of the molecule is CCn1ccnc1N1CCN(CC(=O)N2CCCCCC2)CC1. The maximum Gasteiger partial charge on any atom is 0.236 e. The number of hydrogen-bond acceptors (Lipinski definition) is 4. The number of piperazine rings is 1. The maximum atomic E-state index is 12.5. The molecule has 6 heteroatoms. The standard InChI is InChI=1S/C17H29N5O/c1-2-20-10-7-18-17(20)22-13-11-19(12-14-22)15-16(23)21-8-5-3-4-6-9-21/h7,10H,2-6,8-9,11-15H2,1H3. The zero-order valence-corrected chi connectivity index (χ0v) is 14.3. The molecule has 1 amide bonds. The number of aromatic nitrogens is 2. The molecule has 0 bridgehead atoms. The van der Waals surface area contributed by atoms with Crippen LogP contribution in [0.15, 0.2) is 12.4 Å². The first kappa shape index (κ1) is 16.3. The number of amides is 1. The molecule has 1 aromatic rings. The van der Waals surface area contributed by atoms with Crippen molar-refractivity contribution in [3.05, 3.63) is 12.4 Å². The highest BCUT2D eigenvalue weighted by Crippen LogP contribution is 2.15. The maximum absolute atomic E-state index is 12.5. The molecule has 0 N–H and O–H groups in total. The van der Waals surface area contributed by atoms with E-state index in [0.29, 0.717) is 12.5 Å². The molecule has 23 heavy (non-hydrogen) atoms. The Hall–Kier alpha value is -1.56. The van der Waals surface area contributed by atoms with E-state index in [2.05, 4.69) is 31.2 Å². The zero-order chi connectivity index (χ0) is 16.1. The van der Waals surface area contributed by atoms with Gasteiger partial charge in [-0.2, -0.15) is 0 Å². The zero-order valence-electron chi connectivity index (χ0n) is 14.3. The molecule has 1 aromatic heterocycles. The summed E-state index contributed by atoms with van der Waals surface area (Å²) in [6.07, 6.45) is 8.77. The molecule has 2 aliphatic rings. The lowest BCUT2D eigenvalue weighted by atomic mass is 10.2. The van der Waals surface area contributed by atoms with Gasteiger partial charge in [-0.3, -0.25) is 9.69 Å². The van der Waals surface area contributed by atoms with Crippen LogP contribution in [0.3, 0.4) is 0 Å². The molecule has 0 saturated carbocycles. The van der Waals surface area contributed by atoms with Crippen LogP contribution >= 0.6 is 0 Å². The van der Waals surface area contributed by atoms with Gasteiger partial charge in [-0.15, -0.1) is 0 Å². The molecule has 0 unspecified atom stereocenters. The number of rotatable bonds is 4. The van der Waals surface area contributed by atoms with E-state index in [1.807, 2.05) is 12.4 Å². The first-order valence-electron chi connectivity index (χ1n) is 9.04. The summed E-state index contributed by atoms with van der Waals surface area (Å²) in [5.74, 6) is 1.38. The summed E-state index contributed by atoms with van der Waals surface area (Å²) < 4.78 is 2.18. The number of hydrogen-bond donors (Lipinski definition) is 0. The van der Waals surface area contributed by atoms with Crippen molar-refractivity contribution in [2.24, 2.45) is 0 Å². The van der Waals surface area contributed by atoms with Crippen molar-refractivity contribution < 1.29 is 4.79 Å². The number of carbonyl (C=O) groups excluding carboxylic acids is 1. The molecule has 0 radical (unpaired) electrons. The summed E-state index contributed by atoms with van der Waals surface area (Å²) in [5, 5.41) is 0. The van der Waals surface area contributed by atoms with E-state index < -0.39 is 0 Å². The van der Waals surface area contributed by atoms with Crippen molar-refractivity contribution in [1.82, 2.24) is 19.4 Å². The minimum absolute atomic E-state index is 0.315. The van der Waals surface area contributed by atoms with Crippen molar-refractivity contribution >= 4 is 11.9 Å². The predicted molar refractivity (Wildman–Crippen MR) is 91.6 cm³/mol. The number of anilines is 1. The van der Waals surface area contributed by atoms with Crippen LogP contribution < -0.4 is 4.90 Å². The molecule has 0 atom stereocenters. The lowest BCUT2D eigenvalue weighted by molar-refractivity contribution is -0.132. The Kier molecular flexibility index (Phi) is 5.54. The molecule has 2 aliphatic heterocycles. The fraction of sp³-hybridized carbons (Fsp3) is 0.765. The number of carbonyl (C=O) groups is 1. The van der Waals surface area contributed by atoms with Crippen molar-refractivity contribution in [2.45, 2.75) is 39.2 Å². The lowest BCUT2D eigenvalue weighted by Gasteiger charge is -2.36. The number of aryl methyl sites for hydroxylation is 1. The van der Waals surface area contributed by atoms with Crippen molar-refractivity contribution in [2.75, 3.05) is 50.7 Å². The second-order valence-corrected chi connectivity index (χ2v) is 6.57. The fourth-order valence-corrected chi connectivity index (χ4v) is 3.55. The topological polar surface area (TPSA) is 44.6 Å². The lowest BCUT2D eigenvalue weighted by Crippen LogP contribution is -2.50. The van der Waals surface area contributed by atoms with E-state index >= 15 is 0 Å². The Labute approximate surface area is 139 Å². The summed E-state index contributed by atoms with van der Waals surface area (Å²) in [6.45, 7) is 9.35. The summed E-state index contributed by atoms with van der Waals surface area (Å²) in [4.78, 5) is 23.7. The number of likely N-dealkylation sites (tertiary alicyclic amines) is 1. The van der Waals surface area contributed by atoms with Gasteiger partial charge in [0, 0.05) is 58.2 Å². The van der Waals surface area contributed by atoms with Crippen LogP contribution in [-0.4, -0.2) is 71.1 Å². The van der Waals surface area contributed by atoms with E-state index in [4.69, 9.17) is 0 Å². The van der Waals surface area contributed by atoms with Crippen LogP contribution in [0.2, 0.25) is 0 Å². The van der Waals surface area contributed by atoms with Gasteiger partial charge < -0.3 is 14.4 Å². The number of imidazole rings is 1. The van der Waals surface area contributed by atoms with Crippen LogP contribution in [0.5, 0.6) is 0 Å². The minimum Gasteiger partial charge on any atom is -0.342 e. The second kappa shape index (κ2) is 7.81. The molecule has 2 saturated heterocycles. The van der Waals surface area contributed by atoms with Crippen molar-refractivity contribution in [3.8, 4) is 0 Å². The second-order valence-electron chi connectivity index (χ2n) is 6.57. The Balaban J connectivity index is 1.48. The molecule has 6 nitrogen and oxygen atoms in total. The van der Waals surface area contributed by atoms with E-state index in [1.54, 1.807) is 0 Å². The molecule has 0 aromatic carbocycles. The molecule has 3 rings (SSSR count). The first-order valence-corrected chi connectivity index (χ1v) is 9.04. The van der Waals surface area contributed by atoms with Crippen LogP contribution in [0.4, 0.5) is 5.95 Å². The Morgan fingerprint density at radius 1 is 1.04 bits per heavy atom. The van der Waals surface area contributed by atoms with Crippen LogP contribution in [-0.2, 0) is 11.3 Å². The van der Waals surface area contributed by atoms with Gasteiger partial charge in [0.2, 0.25) is 11.9 Å². The third-order valence-corrected chi connectivity index (χ3v) is 5.01. The highest BCUT2D eigenvalue weighted by Gasteiger charge is 2.23. The molecular weight excluding hydrogens is 290 g/mol. The van der Waals surface area contributed by atoms with Gasteiger partial charge in [0.1, 0.15) is 0 Å². The Morgan fingerprint density at radius 2 is 1.74 bits per heavy atom. The highest BCUT2D eigenvalue weighted by molar-refractivity contribution is 5.78. The average molecular weight is 319 g/mol. The normalized spacial score (nSPS) is 20.6. The molecule has 2 fully saturated rings. The summed E-state index contributed by atoms with van der Waals surface area (Å²) in [6, 6.07) is 0. The van der Waals surface area contributed by atoms with E-state index in [-0.39, 0.29) is 0 Å². The largest absolute Gasteiger partial charge is 0.342 e. The van der Waals surface area contributed by atoms with E-state index in [1.165, 1.54) is 25.7 Å². The van der Waals surface area contributed by atoms with E-state index in [0.717, 1.165) is 51.8 Å². The average Bonchev–Trinajstić information content (AvgIpc) is 2.88. The van der Waals surface area contributed by atoms with Gasteiger partial charge in [-0.25, -0.2) is 4.98 Å². The molecule has 0 aliphatic carbocycles. The highest BCUT2D eigenvalue weighted by atomic mass is 16.2.